The largest absolute Gasteiger partial charge is 0.291 e. The zero-order valence-electron chi connectivity index (χ0n) is 9.32. The molecule has 0 fully saturated rings. The summed E-state index contributed by atoms with van der Waals surface area (Å²) in [6.07, 6.45) is 0. The molecule has 3 aromatic rings. The number of aromatic nitrogens is 6. The van der Waals surface area contributed by atoms with Gasteiger partial charge in [0, 0.05) is 11.1 Å². The van der Waals surface area contributed by atoms with E-state index < -0.39 is 0 Å². The lowest BCUT2D eigenvalue weighted by atomic mass is 10.0. The smallest absolute Gasteiger partial charge is 0.287 e. The highest BCUT2D eigenvalue weighted by molar-refractivity contribution is 6.20. The molecular weight excluding hydrogens is 232 g/mol. The van der Waals surface area contributed by atoms with Crippen molar-refractivity contribution >= 4 is 11.6 Å². The summed E-state index contributed by atoms with van der Waals surface area (Å²) in [5, 5.41) is 15.0. The van der Waals surface area contributed by atoms with Crippen LogP contribution in [0.1, 0.15) is 21.6 Å². The van der Waals surface area contributed by atoms with Crippen LogP contribution in [0.15, 0.2) is 18.2 Å². The Morgan fingerprint density at radius 2 is 2.11 bits per heavy atom. The zero-order chi connectivity index (χ0) is 12.3. The summed E-state index contributed by atoms with van der Waals surface area (Å²) < 4.78 is 1.16. The summed E-state index contributed by atoms with van der Waals surface area (Å²) >= 11 is 0. The predicted molar refractivity (Wildman–Crippen MR) is 60.0 cm³/mol. The number of carbonyl (C=O) groups is 1. The van der Waals surface area contributed by atoms with Crippen molar-refractivity contribution in [2.75, 3.05) is 0 Å². The minimum absolute atomic E-state index is 0.122. The van der Waals surface area contributed by atoms with Crippen LogP contribution in [0.5, 0.6) is 0 Å². The molecule has 0 unspecified atom stereocenters. The monoisotopic (exact) mass is 238 g/mol. The molecule has 0 N–H and O–H groups in total. The molecule has 1 aromatic carbocycles. The third-order valence-corrected chi connectivity index (χ3v) is 3.04. The quantitative estimate of drug-likeness (QED) is 0.441. The fourth-order valence-corrected chi connectivity index (χ4v) is 2.23. The number of nitrogens with zero attached hydrogens (tertiary/aromatic N) is 6. The van der Waals surface area contributed by atoms with Gasteiger partial charge in [0.2, 0.25) is 5.78 Å². The molecular formula is C11H6N6O. The minimum atomic E-state index is -0.122. The van der Waals surface area contributed by atoms with E-state index in [1.54, 1.807) is 0 Å². The molecule has 0 saturated carbocycles. The van der Waals surface area contributed by atoms with Gasteiger partial charge in [-0.3, -0.25) is 4.79 Å². The number of aryl methyl sites for hydroxylation is 1. The second kappa shape index (κ2) is 2.95. The molecule has 2 heterocycles. The van der Waals surface area contributed by atoms with Gasteiger partial charge in [0.25, 0.3) is 5.78 Å². The molecule has 0 spiro atoms. The van der Waals surface area contributed by atoms with Crippen molar-refractivity contribution in [3.8, 4) is 11.3 Å². The van der Waals surface area contributed by atoms with Crippen LogP contribution in [-0.4, -0.2) is 36.0 Å². The molecule has 2 aromatic heterocycles. The molecule has 1 aliphatic rings. The number of fused-ring (bicyclic) bond motifs is 4. The standard InChI is InChI=1S/C11H6N6O/c1-5-3-2-4-6-7(5)10(18)9-8(6)12-11-13-15-16-17(11)14-9/h2-4H,1H3. The van der Waals surface area contributed by atoms with E-state index in [1.807, 2.05) is 25.1 Å². The zero-order valence-corrected chi connectivity index (χ0v) is 9.32. The van der Waals surface area contributed by atoms with E-state index in [0.717, 1.165) is 15.8 Å². The van der Waals surface area contributed by atoms with Gasteiger partial charge in [-0.25, -0.2) is 4.98 Å². The third-order valence-electron chi connectivity index (χ3n) is 3.04. The summed E-state index contributed by atoms with van der Waals surface area (Å²) in [6.45, 7) is 1.90. The van der Waals surface area contributed by atoms with E-state index in [1.165, 1.54) is 0 Å². The number of benzene rings is 1. The number of rotatable bonds is 0. The molecule has 4 rings (SSSR count). The van der Waals surface area contributed by atoms with Crippen LogP contribution < -0.4 is 0 Å². The Morgan fingerprint density at radius 1 is 1.22 bits per heavy atom. The first-order chi connectivity index (χ1) is 8.75. The van der Waals surface area contributed by atoms with E-state index in [-0.39, 0.29) is 11.6 Å². The predicted octanol–water partition coefficient (Wildman–Crippen LogP) is 0.434. The molecule has 1 aliphatic carbocycles. The second-order valence-electron chi connectivity index (χ2n) is 4.10. The highest BCUT2D eigenvalue weighted by Crippen LogP contribution is 2.35. The maximum atomic E-state index is 12.3. The average Bonchev–Trinajstić information content (AvgIpc) is 2.92. The van der Waals surface area contributed by atoms with E-state index >= 15 is 0 Å². The van der Waals surface area contributed by atoms with Gasteiger partial charge in [-0.1, -0.05) is 27.9 Å². The highest BCUT2D eigenvalue weighted by atomic mass is 16.1. The summed E-state index contributed by atoms with van der Waals surface area (Å²) in [4.78, 5) is 16.6. The average molecular weight is 238 g/mol. The number of tetrazole rings is 1. The van der Waals surface area contributed by atoms with Crippen molar-refractivity contribution < 1.29 is 4.79 Å². The first-order valence-electron chi connectivity index (χ1n) is 5.37. The second-order valence-corrected chi connectivity index (χ2v) is 4.10. The number of ketones is 1. The minimum Gasteiger partial charge on any atom is -0.287 e. The Hall–Kier alpha value is -2.70. The van der Waals surface area contributed by atoms with Gasteiger partial charge >= 0.3 is 0 Å². The summed E-state index contributed by atoms with van der Waals surface area (Å²) in [5.41, 5.74) is 3.24. The highest BCUT2D eigenvalue weighted by Gasteiger charge is 2.32. The molecule has 0 aliphatic heterocycles. The Labute approximate surface area is 100 Å². The van der Waals surface area contributed by atoms with Gasteiger partial charge < -0.3 is 0 Å². The molecule has 0 radical (unpaired) electrons. The molecule has 0 saturated heterocycles. The fourth-order valence-electron chi connectivity index (χ4n) is 2.23. The van der Waals surface area contributed by atoms with Crippen LogP contribution in [0.2, 0.25) is 0 Å². The van der Waals surface area contributed by atoms with E-state index in [0.29, 0.717) is 17.0 Å². The van der Waals surface area contributed by atoms with Crippen molar-refractivity contribution in [2.24, 2.45) is 0 Å². The van der Waals surface area contributed by atoms with Crippen LogP contribution >= 0.6 is 0 Å². The van der Waals surface area contributed by atoms with Crippen LogP contribution in [0.25, 0.3) is 17.0 Å². The van der Waals surface area contributed by atoms with Crippen molar-refractivity contribution in [1.29, 1.82) is 0 Å². The Bertz CT molecular complexity index is 822. The maximum Gasteiger partial charge on any atom is 0.291 e. The van der Waals surface area contributed by atoms with Crippen molar-refractivity contribution in [3.63, 3.8) is 0 Å². The van der Waals surface area contributed by atoms with Crippen molar-refractivity contribution in [3.05, 3.63) is 35.0 Å². The van der Waals surface area contributed by atoms with Gasteiger partial charge in [0.15, 0.2) is 5.69 Å². The molecule has 0 amide bonds. The van der Waals surface area contributed by atoms with Crippen molar-refractivity contribution in [1.82, 2.24) is 30.2 Å². The summed E-state index contributed by atoms with van der Waals surface area (Å²) in [5.74, 6) is 0.166. The van der Waals surface area contributed by atoms with Gasteiger partial charge in [-0.05, 0) is 22.9 Å². The maximum absolute atomic E-state index is 12.3. The lowest BCUT2D eigenvalue weighted by Crippen LogP contribution is -2.06. The lowest BCUT2D eigenvalue weighted by Gasteiger charge is -2.00. The molecule has 7 heteroatoms. The first-order valence-corrected chi connectivity index (χ1v) is 5.37. The summed E-state index contributed by atoms with van der Waals surface area (Å²) in [6, 6.07) is 5.65. The molecule has 7 nitrogen and oxygen atoms in total. The van der Waals surface area contributed by atoms with Gasteiger partial charge in [-0.15, -0.1) is 5.10 Å². The Morgan fingerprint density at radius 3 is 3.00 bits per heavy atom. The van der Waals surface area contributed by atoms with E-state index in [9.17, 15) is 4.79 Å². The third kappa shape index (κ3) is 0.981. The van der Waals surface area contributed by atoms with Gasteiger partial charge in [0.05, 0.1) is 0 Å². The molecule has 86 valence electrons. The molecule has 18 heavy (non-hydrogen) atoms. The number of hydrogen-bond acceptors (Lipinski definition) is 6. The lowest BCUT2D eigenvalue weighted by molar-refractivity contribution is 0.103. The van der Waals surface area contributed by atoms with Crippen molar-refractivity contribution in [2.45, 2.75) is 6.92 Å². The number of hydrogen-bond donors (Lipinski definition) is 0. The normalized spacial score (nSPS) is 12.8. The SMILES string of the molecule is Cc1cccc2c1C(=O)c1nn3nnnc3nc1-2. The van der Waals surface area contributed by atoms with Crippen LogP contribution in [0.3, 0.4) is 0 Å². The first kappa shape index (κ1) is 9.34. The van der Waals surface area contributed by atoms with Crippen LogP contribution in [0.4, 0.5) is 0 Å². The molecule has 0 bridgehead atoms. The Kier molecular flexibility index (Phi) is 1.53. The van der Waals surface area contributed by atoms with Gasteiger partial charge in [0.1, 0.15) is 5.69 Å². The number of carbonyl (C=O) groups excluding carboxylic acids is 1. The topological polar surface area (TPSA) is 85.9 Å². The van der Waals surface area contributed by atoms with Crippen LogP contribution in [-0.2, 0) is 0 Å². The van der Waals surface area contributed by atoms with Gasteiger partial charge in [-0.2, -0.15) is 0 Å². The fraction of sp³-hybridized carbons (Fsp3) is 0.0909. The molecule has 0 atom stereocenters. The van der Waals surface area contributed by atoms with Crippen LogP contribution in [0, 0.1) is 6.92 Å². The van der Waals surface area contributed by atoms with E-state index in [2.05, 4.69) is 25.6 Å². The van der Waals surface area contributed by atoms with E-state index in [4.69, 9.17) is 0 Å². The Balaban J connectivity index is 2.15. The summed E-state index contributed by atoms with van der Waals surface area (Å²) in [7, 11) is 0.